The molecular formula is C7H6F3NO2. The smallest absolute Gasteiger partial charge is 0.481 e. The fraction of sp³-hybridized carbons (Fsp3) is 0.286. The summed E-state index contributed by atoms with van der Waals surface area (Å²) < 4.78 is 43.2. The zero-order valence-corrected chi connectivity index (χ0v) is 6.63. The molecule has 1 aromatic rings. The highest BCUT2D eigenvalue weighted by Gasteiger charge is 2.31. The first kappa shape index (κ1) is 9.63. The van der Waals surface area contributed by atoms with Gasteiger partial charge < -0.3 is 9.47 Å². The van der Waals surface area contributed by atoms with Gasteiger partial charge >= 0.3 is 6.36 Å². The average Bonchev–Trinajstić information content (AvgIpc) is 2.03. The van der Waals surface area contributed by atoms with Crippen LogP contribution in [-0.2, 0) is 0 Å². The molecule has 0 spiro atoms. The Kier molecular flexibility index (Phi) is 2.60. The molecule has 72 valence electrons. The Morgan fingerprint density at radius 3 is 2.38 bits per heavy atom. The Balaban J connectivity index is 2.70. The summed E-state index contributed by atoms with van der Waals surface area (Å²) in [5.41, 5.74) is 0. The van der Waals surface area contributed by atoms with E-state index < -0.39 is 6.36 Å². The summed E-state index contributed by atoms with van der Waals surface area (Å²) in [7, 11) is 1.37. The molecule has 1 rings (SSSR count). The summed E-state index contributed by atoms with van der Waals surface area (Å²) in [6.07, 6.45) is -3.75. The predicted molar refractivity (Wildman–Crippen MR) is 37.5 cm³/mol. The van der Waals surface area contributed by atoms with Crippen LogP contribution in [0, 0.1) is 0 Å². The van der Waals surface area contributed by atoms with Crippen LogP contribution in [-0.4, -0.2) is 18.5 Å². The van der Waals surface area contributed by atoms with Crippen LogP contribution in [0.4, 0.5) is 13.2 Å². The van der Waals surface area contributed by atoms with E-state index in [2.05, 4.69) is 14.5 Å². The zero-order chi connectivity index (χ0) is 9.90. The van der Waals surface area contributed by atoms with Crippen molar-refractivity contribution in [2.75, 3.05) is 7.11 Å². The summed E-state index contributed by atoms with van der Waals surface area (Å²) >= 11 is 0. The molecule has 0 bridgehead atoms. The SMILES string of the molecule is COc1ccc(OC(F)(F)F)cn1. The minimum Gasteiger partial charge on any atom is -0.481 e. The molecule has 13 heavy (non-hydrogen) atoms. The van der Waals surface area contributed by atoms with Crippen LogP contribution >= 0.6 is 0 Å². The van der Waals surface area contributed by atoms with E-state index in [4.69, 9.17) is 0 Å². The first-order valence-corrected chi connectivity index (χ1v) is 3.27. The van der Waals surface area contributed by atoms with Crippen LogP contribution in [0.15, 0.2) is 18.3 Å². The molecule has 0 saturated heterocycles. The molecule has 0 saturated carbocycles. The molecule has 0 amide bonds. The van der Waals surface area contributed by atoms with Crippen molar-refractivity contribution in [1.82, 2.24) is 4.98 Å². The molecule has 0 atom stereocenters. The zero-order valence-electron chi connectivity index (χ0n) is 6.63. The van der Waals surface area contributed by atoms with Gasteiger partial charge in [-0.1, -0.05) is 0 Å². The number of halogens is 3. The molecule has 1 heterocycles. The minimum atomic E-state index is -4.68. The lowest BCUT2D eigenvalue weighted by atomic mass is 10.4. The average molecular weight is 193 g/mol. The number of alkyl halides is 3. The molecule has 1 aromatic heterocycles. The van der Waals surface area contributed by atoms with Crippen LogP contribution < -0.4 is 9.47 Å². The number of methoxy groups -OCH3 is 1. The standard InChI is InChI=1S/C7H6F3NO2/c1-12-6-3-2-5(4-11-6)13-7(8,9)10/h2-4H,1H3. The van der Waals surface area contributed by atoms with Gasteiger partial charge in [-0.15, -0.1) is 13.2 Å². The lowest BCUT2D eigenvalue weighted by molar-refractivity contribution is -0.274. The van der Waals surface area contributed by atoms with Crippen molar-refractivity contribution in [3.63, 3.8) is 0 Å². The second-order valence-corrected chi connectivity index (χ2v) is 2.08. The van der Waals surface area contributed by atoms with Gasteiger partial charge in [-0.3, -0.25) is 0 Å². The summed E-state index contributed by atoms with van der Waals surface area (Å²) in [6, 6.07) is 2.40. The van der Waals surface area contributed by atoms with Crippen molar-refractivity contribution in [3.05, 3.63) is 18.3 Å². The van der Waals surface area contributed by atoms with E-state index in [1.165, 1.54) is 13.2 Å². The summed E-state index contributed by atoms with van der Waals surface area (Å²) in [5, 5.41) is 0. The van der Waals surface area contributed by atoms with E-state index in [-0.39, 0.29) is 11.6 Å². The quantitative estimate of drug-likeness (QED) is 0.719. The topological polar surface area (TPSA) is 31.4 Å². The van der Waals surface area contributed by atoms with Crippen LogP contribution in [0.1, 0.15) is 0 Å². The van der Waals surface area contributed by atoms with Gasteiger partial charge in [0.2, 0.25) is 5.88 Å². The molecule has 0 N–H and O–H groups in total. The van der Waals surface area contributed by atoms with Gasteiger partial charge in [0.25, 0.3) is 0 Å². The first-order valence-electron chi connectivity index (χ1n) is 3.27. The number of rotatable bonds is 2. The Hall–Kier alpha value is -1.46. The van der Waals surface area contributed by atoms with E-state index in [9.17, 15) is 13.2 Å². The number of hydrogen-bond donors (Lipinski definition) is 0. The lowest BCUT2D eigenvalue weighted by Gasteiger charge is -2.07. The molecular weight excluding hydrogens is 187 g/mol. The Bertz CT molecular complexity index is 270. The van der Waals surface area contributed by atoms with Crippen LogP contribution in [0.3, 0.4) is 0 Å². The fourth-order valence-corrected chi connectivity index (χ4v) is 0.681. The molecule has 0 aromatic carbocycles. The maximum atomic E-state index is 11.6. The van der Waals surface area contributed by atoms with Gasteiger partial charge in [0, 0.05) is 6.07 Å². The van der Waals surface area contributed by atoms with Crippen molar-refractivity contribution in [2.24, 2.45) is 0 Å². The van der Waals surface area contributed by atoms with Gasteiger partial charge in [-0.2, -0.15) is 0 Å². The van der Waals surface area contributed by atoms with Crippen molar-refractivity contribution in [3.8, 4) is 11.6 Å². The number of nitrogens with zero attached hydrogens (tertiary/aromatic N) is 1. The lowest BCUT2D eigenvalue weighted by Crippen LogP contribution is -2.17. The van der Waals surface area contributed by atoms with Gasteiger partial charge in [0.05, 0.1) is 13.3 Å². The Labute approximate surface area is 72.1 Å². The molecule has 6 heteroatoms. The van der Waals surface area contributed by atoms with Gasteiger partial charge in [0.15, 0.2) is 0 Å². The molecule has 0 fully saturated rings. The van der Waals surface area contributed by atoms with Crippen molar-refractivity contribution < 1.29 is 22.6 Å². The molecule has 0 unspecified atom stereocenters. The Morgan fingerprint density at radius 2 is 2.00 bits per heavy atom. The van der Waals surface area contributed by atoms with Crippen molar-refractivity contribution in [2.45, 2.75) is 6.36 Å². The van der Waals surface area contributed by atoms with Gasteiger partial charge in [0.1, 0.15) is 5.75 Å². The summed E-state index contributed by atoms with van der Waals surface area (Å²) in [6.45, 7) is 0. The highest BCUT2D eigenvalue weighted by Crippen LogP contribution is 2.22. The van der Waals surface area contributed by atoms with Crippen LogP contribution in [0.2, 0.25) is 0 Å². The Morgan fingerprint density at radius 1 is 1.31 bits per heavy atom. The third-order valence-electron chi connectivity index (χ3n) is 1.15. The second kappa shape index (κ2) is 3.51. The maximum Gasteiger partial charge on any atom is 0.573 e. The van der Waals surface area contributed by atoms with Crippen LogP contribution in [0.5, 0.6) is 11.6 Å². The molecule has 0 radical (unpaired) electrons. The maximum absolute atomic E-state index is 11.6. The van der Waals surface area contributed by atoms with E-state index in [1.54, 1.807) is 0 Å². The minimum absolute atomic E-state index is 0.231. The second-order valence-electron chi connectivity index (χ2n) is 2.08. The monoisotopic (exact) mass is 193 g/mol. The molecule has 3 nitrogen and oxygen atoms in total. The fourth-order valence-electron chi connectivity index (χ4n) is 0.681. The number of aromatic nitrogens is 1. The highest BCUT2D eigenvalue weighted by atomic mass is 19.4. The van der Waals surface area contributed by atoms with Gasteiger partial charge in [-0.25, -0.2) is 4.98 Å². The third kappa shape index (κ3) is 3.18. The molecule has 0 aliphatic rings. The summed E-state index contributed by atoms with van der Waals surface area (Å²) in [4.78, 5) is 3.53. The highest BCUT2D eigenvalue weighted by molar-refractivity contribution is 5.22. The van der Waals surface area contributed by atoms with Crippen molar-refractivity contribution >= 4 is 0 Å². The molecule has 0 aliphatic carbocycles. The normalized spacial score (nSPS) is 11.1. The van der Waals surface area contributed by atoms with Crippen molar-refractivity contribution in [1.29, 1.82) is 0 Å². The number of ether oxygens (including phenoxy) is 2. The van der Waals surface area contributed by atoms with E-state index >= 15 is 0 Å². The predicted octanol–water partition coefficient (Wildman–Crippen LogP) is 1.99. The third-order valence-corrected chi connectivity index (χ3v) is 1.15. The molecule has 0 aliphatic heterocycles. The number of hydrogen-bond acceptors (Lipinski definition) is 3. The van der Waals surface area contributed by atoms with E-state index in [0.29, 0.717) is 0 Å². The van der Waals surface area contributed by atoms with E-state index in [1.807, 2.05) is 0 Å². The largest absolute Gasteiger partial charge is 0.573 e. The van der Waals surface area contributed by atoms with Gasteiger partial charge in [-0.05, 0) is 6.07 Å². The van der Waals surface area contributed by atoms with E-state index in [0.717, 1.165) is 12.3 Å². The van der Waals surface area contributed by atoms with Crippen LogP contribution in [0.25, 0.3) is 0 Å². The number of pyridine rings is 1. The first-order chi connectivity index (χ1) is 6.01. The summed E-state index contributed by atoms with van der Waals surface area (Å²) in [5.74, 6) is -0.136.